The summed E-state index contributed by atoms with van der Waals surface area (Å²) < 4.78 is 0. The molecule has 0 radical (unpaired) electrons. The highest BCUT2D eigenvalue weighted by Gasteiger charge is 2.29. The fourth-order valence-electron chi connectivity index (χ4n) is 2.40. The molecule has 0 saturated heterocycles. The molecule has 2 heterocycles. The van der Waals surface area contributed by atoms with Crippen molar-refractivity contribution in [1.29, 1.82) is 0 Å². The van der Waals surface area contributed by atoms with Crippen molar-refractivity contribution in [3.05, 3.63) is 35.7 Å². The van der Waals surface area contributed by atoms with E-state index < -0.39 is 24.1 Å². The zero-order valence-corrected chi connectivity index (χ0v) is 13.3. The highest BCUT2D eigenvalue weighted by Crippen LogP contribution is 2.18. The number of nitrogens with zero attached hydrogens (tertiary/aromatic N) is 2. The lowest BCUT2D eigenvalue weighted by Crippen LogP contribution is -2.39. The Morgan fingerprint density at radius 2 is 1.28 bits per heavy atom. The Balaban J connectivity index is 0.000000199. The van der Waals surface area contributed by atoms with E-state index in [0.29, 0.717) is 0 Å². The number of nitrogens with one attached hydrogen (secondary N) is 1. The van der Waals surface area contributed by atoms with Crippen LogP contribution in [0.3, 0.4) is 0 Å². The van der Waals surface area contributed by atoms with Gasteiger partial charge in [0.25, 0.3) is 0 Å². The molecule has 3 rings (SSSR count). The van der Waals surface area contributed by atoms with Gasteiger partial charge in [0.05, 0.1) is 11.0 Å². The molecule has 0 spiro atoms. The lowest BCUT2D eigenvalue weighted by molar-refractivity contribution is -0.165. The van der Waals surface area contributed by atoms with Crippen molar-refractivity contribution in [3.8, 4) is 0 Å². The fourth-order valence-corrected chi connectivity index (χ4v) is 2.40. The lowest BCUT2D eigenvalue weighted by Gasteiger charge is -2.07. The Bertz CT molecular complexity index is 704. The number of hydrogen-bond donors (Lipinski definition) is 5. The Hall–Kier alpha value is -2.62. The van der Waals surface area contributed by atoms with E-state index in [9.17, 15) is 9.59 Å². The minimum absolute atomic E-state index is 1.01. The highest BCUT2D eigenvalue weighted by atomic mass is 16.4. The topological polar surface area (TPSA) is 153 Å². The van der Waals surface area contributed by atoms with Crippen LogP contribution in [0.2, 0.25) is 0 Å². The number of carboxylic acids is 2. The van der Waals surface area contributed by atoms with Crippen molar-refractivity contribution < 1.29 is 30.0 Å². The van der Waals surface area contributed by atoms with E-state index in [4.69, 9.17) is 20.4 Å². The van der Waals surface area contributed by atoms with E-state index in [0.717, 1.165) is 37.0 Å². The molecule has 0 saturated carbocycles. The van der Waals surface area contributed by atoms with Gasteiger partial charge in [-0.05, 0) is 49.2 Å². The van der Waals surface area contributed by atoms with Crippen molar-refractivity contribution in [2.75, 3.05) is 13.1 Å². The maximum absolute atomic E-state index is 9.77. The van der Waals surface area contributed by atoms with Gasteiger partial charge in [-0.1, -0.05) is 0 Å². The quantitative estimate of drug-likeness (QED) is 0.479. The third-order valence-corrected chi connectivity index (χ3v) is 3.74. The summed E-state index contributed by atoms with van der Waals surface area (Å²) in [5, 5.41) is 35.9. The summed E-state index contributed by atoms with van der Waals surface area (Å²) in [5.74, 6) is -3.54. The van der Waals surface area contributed by atoms with E-state index in [2.05, 4.69) is 27.4 Å². The molecule has 9 nitrogen and oxygen atoms in total. The minimum Gasteiger partial charge on any atom is -0.479 e. The number of rotatable bonds is 3. The second-order valence-electron chi connectivity index (χ2n) is 5.48. The fraction of sp³-hybridized carbons (Fsp3) is 0.375. The number of aliphatic hydroxyl groups is 2. The standard InChI is InChI=1S/C12H13N3.C4H6O6/c1-3-13-4-2-10-8-12-11(7-9(1)10)14-5-6-15-12;5-1(3(7)8)2(6)4(9)10/h5-8,13H,1-4H2;1-2,5-6H,(H,7,8)(H,9,10). The maximum Gasteiger partial charge on any atom is 0.335 e. The number of hydrogen-bond acceptors (Lipinski definition) is 7. The molecule has 2 unspecified atom stereocenters. The first-order chi connectivity index (χ1) is 11.9. The first kappa shape index (κ1) is 18.7. The summed E-state index contributed by atoms with van der Waals surface area (Å²) >= 11 is 0. The van der Waals surface area contributed by atoms with Gasteiger partial charge in [0.15, 0.2) is 12.2 Å². The van der Waals surface area contributed by atoms with Gasteiger partial charge in [-0.2, -0.15) is 0 Å². The van der Waals surface area contributed by atoms with E-state index in [1.807, 2.05) is 0 Å². The van der Waals surface area contributed by atoms with Gasteiger partial charge in [-0.15, -0.1) is 0 Å². The predicted molar refractivity (Wildman–Crippen MR) is 87.1 cm³/mol. The zero-order valence-electron chi connectivity index (χ0n) is 13.3. The van der Waals surface area contributed by atoms with Crippen LogP contribution in [0, 0.1) is 0 Å². The number of benzene rings is 1. The minimum atomic E-state index is -2.27. The summed E-state index contributed by atoms with van der Waals surface area (Å²) in [7, 11) is 0. The molecule has 0 amide bonds. The number of carboxylic acid groups (broad SMARTS) is 2. The Morgan fingerprint density at radius 1 is 0.880 bits per heavy atom. The zero-order chi connectivity index (χ0) is 18.4. The maximum atomic E-state index is 9.77. The number of fused-ring (bicyclic) bond motifs is 2. The lowest BCUT2D eigenvalue weighted by atomic mass is 10.0. The van der Waals surface area contributed by atoms with Crippen molar-refractivity contribution in [2.24, 2.45) is 0 Å². The van der Waals surface area contributed by atoms with Crippen molar-refractivity contribution in [1.82, 2.24) is 15.3 Å². The van der Waals surface area contributed by atoms with Gasteiger partial charge in [0.1, 0.15) is 0 Å². The van der Waals surface area contributed by atoms with Gasteiger partial charge in [0.2, 0.25) is 0 Å². The molecular formula is C16H19N3O6. The van der Waals surface area contributed by atoms with E-state index in [-0.39, 0.29) is 0 Å². The van der Waals surface area contributed by atoms with Crippen LogP contribution in [0.5, 0.6) is 0 Å². The molecule has 0 fully saturated rings. The number of aromatic nitrogens is 2. The Kier molecular flexibility index (Phi) is 6.34. The SMILES string of the molecule is O=C(O)C(O)C(O)C(=O)O.c1cnc2cc3c(cc2n1)CCNCC3. The predicted octanol–water partition coefficient (Wildman–Crippen LogP) is -0.805. The molecule has 1 aromatic carbocycles. The normalized spacial score (nSPS) is 15.9. The molecule has 1 aliphatic rings. The molecule has 9 heteroatoms. The molecule has 25 heavy (non-hydrogen) atoms. The van der Waals surface area contributed by atoms with Crippen LogP contribution in [-0.2, 0) is 22.4 Å². The van der Waals surface area contributed by atoms with E-state index >= 15 is 0 Å². The van der Waals surface area contributed by atoms with E-state index in [1.165, 1.54) is 11.1 Å². The second-order valence-corrected chi connectivity index (χ2v) is 5.48. The van der Waals surface area contributed by atoms with Crippen LogP contribution in [-0.4, -0.2) is 67.6 Å². The highest BCUT2D eigenvalue weighted by molar-refractivity contribution is 5.83. The van der Waals surface area contributed by atoms with Crippen molar-refractivity contribution in [3.63, 3.8) is 0 Å². The average Bonchev–Trinajstić information content (AvgIpc) is 2.83. The summed E-state index contributed by atoms with van der Waals surface area (Å²) in [4.78, 5) is 28.2. The molecule has 1 aliphatic heterocycles. The molecule has 134 valence electrons. The van der Waals surface area contributed by atoms with Gasteiger partial charge in [-0.25, -0.2) is 9.59 Å². The molecule has 2 atom stereocenters. The van der Waals surface area contributed by atoms with E-state index in [1.54, 1.807) is 12.4 Å². The molecule has 2 aromatic rings. The third kappa shape index (κ3) is 4.92. The number of aliphatic hydroxyl groups excluding tert-OH is 2. The van der Waals surface area contributed by atoms with Crippen LogP contribution in [0.4, 0.5) is 0 Å². The van der Waals surface area contributed by atoms with Crippen LogP contribution >= 0.6 is 0 Å². The van der Waals surface area contributed by atoms with Gasteiger partial charge in [-0.3, -0.25) is 9.97 Å². The largest absolute Gasteiger partial charge is 0.479 e. The monoisotopic (exact) mass is 349 g/mol. The first-order valence-corrected chi connectivity index (χ1v) is 7.65. The van der Waals surface area contributed by atoms with Crippen molar-refractivity contribution >= 4 is 23.0 Å². The summed E-state index contributed by atoms with van der Waals surface area (Å²) in [6, 6.07) is 4.37. The summed E-state index contributed by atoms with van der Waals surface area (Å²) in [5.41, 5.74) is 4.87. The second kappa shape index (κ2) is 8.47. The summed E-state index contributed by atoms with van der Waals surface area (Å²) in [6.07, 6.45) is 1.17. The molecule has 5 N–H and O–H groups in total. The Morgan fingerprint density at radius 3 is 1.64 bits per heavy atom. The van der Waals surface area contributed by atoms with Crippen molar-refractivity contribution in [2.45, 2.75) is 25.0 Å². The van der Waals surface area contributed by atoms with Crippen LogP contribution in [0.1, 0.15) is 11.1 Å². The smallest absolute Gasteiger partial charge is 0.335 e. The molecule has 0 bridgehead atoms. The molecule has 1 aromatic heterocycles. The number of carbonyl (C=O) groups is 2. The Labute approximate surface area is 143 Å². The van der Waals surface area contributed by atoms with Crippen LogP contribution in [0.25, 0.3) is 11.0 Å². The molecular weight excluding hydrogens is 330 g/mol. The molecule has 0 aliphatic carbocycles. The summed E-state index contributed by atoms with van der Waals surface area (Å²) in [6.45, 7) is 2.14. The first-order valence-electron chi connectivity index (χ1n) is 7.65. The van der Waals surface area contributed by atoms with Gasteiger partial charge < -0.3 is 25.7 Å². The number of aliphatic carboxylic acids is 2. The van der Waals surface area contributed by atoms with Crippen LogP contribution < -0.4 is 5.32 Å². The van der Waals surface area contributed by atoms with Gasteiger partial charge in [0, 0.05) is 12.4 Å². The average molecular weight is 349 g/mol. The third-order valence-electron chi connectivity index (χ3n) is 3.74. The van der Waals surface area contributed by atoms with Gasteiger partial charge >= 0.3 is 11.9 Å². The van der Waals surface area contributed by atoms with Crippen LogP contribution in [0.15, 0.2) is 24.5 Å².